The lowest BCUT2D eigenvalue weighted by molar-refractivity contribution is -0.156. The van der Waals surface area contributed by atoms with E-state index in [0.717, 1.165) is 89.9 Å². The maximum Gasteiger partial charge on any atom is 0.249 e. The van der Waals surface area contributed by atoms with E-state index in [2.05, 4.69) is 21.6 Å². The van der Waals surface area contributed by atoms with E-state index in [1.807, 2.05) is 0 Å². The van der Waals surface area contributed by atoms with Crippen LogP contribution >= 0.6 is 0 Å². The molecule has 0 unspecified atom stereocenters. The van der Waals surface area contributed by atoms with Gasteiger partial charge in [0.2, 0.25) is 17.7 Å². The number of hydrogen-bond donors (Lipinski definition) is 0. The molecule has 0 radical (unpaired) electrons. The summed E-state index contributed by atoms with van der Waals surface area (Å²) in [4.78, 5) is 49.6. The molecule has 6 rings (SSSR count). The lowest BCUT2D eigenvalue weighted by atomic mass is 9.88. The van der Waals surface area contributed by atoms with Gasteiger partial charge in [0, 0.05) is 42.9 Å². The van der Waals surface area contributed by atoms with Crippen molar-refractivity contribution in [1.29, 1.82) is 0 Å². The van der Waals surface area contributed by atoms with Crippen molar-refractivity contribution in [3.05, 3.63) is 0 Å². The SMILES string of the molecule is CCCCOCC(COCC(=O)N(C1CCCCC1)C1CCCCC1)(COCC(=O)N(C1CCCCC1)C1CCCCC1)COCC(=O)N(C1CCCCC1)C1CCCCC1. The van der Waals surface area contributed by atoms with Gasteiger partial charge in [-0.2, -0.15) is 0 Å². The first kappa shape index (κ1) is 48.7. The van der Waals surface area contributed by atoms with Crippen molar-refractivity contribution >= 4 is 17.7 Å². The Morgan fingerprint density at radius 1 is 0.377 bits per heavy atom. The molecule has 6 saturated carbocycles. The van der Waals surface area contributed by atoms with Crippen LogP contribution < -0.4 is 0 Å². The topological polar surface area (TPSA) is 97.8 Å². The monoisotopic (exact) mass is 856 g/mol. The number of amides is 3. The minimum Gasteiger partial charge on any atom is -0.381 e. The Balaban J connectivity index is 1.17. The van der Waals surface area contributed by atoms with Gasteiger partial charge >= 0.3 is 0 Å². The Bertz CT molecular complexity index is 1050. The van der Waals surface area contributed by atoms with E-state index in [0.29, 0.717) is 49.5 Å². The van der Waals surface area contributed by atoms with Gasteiger partial charge in [-0.05, 0) is 83.5 Å². The summed E-state index contributed by atoms with van der Waals surface area (Å²) < 4.78 is 26.0. The zero-order valence-electron chi connectivity index (χ0n) is 38.9. The summed E-state index contributed by atoms with van der Waals surface area (Å²) in [5.74, 6) is 0.286. The predicted molar refractivity (Wildman–Crippen MR) is 242 cm³/mol. The summed E-state index contributed by atoms with van der Waals surface area (Å²) in [5.41, 5.74) is -0.796. The van der Waals surface area contributed by atoms with Crippen LogP contribution in [-0.4, -0.2) is 122 Å². The minimum atomic E-state index is -0.796. The zero-order chi connectivity index (χ0) is 42.5. The molecule has 0 saturated heterocycles. The van der Waals surface area contributed by atoms with Crippen molar-refractivity contribution in [3.8, 4) is 0 Å². The van der Waals surface area contributed by atoms with E-state index in [1.54, 1.807) is 0 Å². The number of ether oxygens (including phenoxy) is 4. The van der Waals surface area contributed by atoms with E-state index < -0.39 is 5.41 Å². The average molecular weight is 856 g/mol. The van der Waals surface area contributed by atoms with Crippen LogP contribution in [0, 0.1) is 5.41 Å². The second-order valence-corrected chi connectivity index (χ2v) is 20.5. The third-order valence-corrected chi connectivity index (χ3v) is 15.6. The molecule has 10 nitrogen and oxygen atoms in total. The van der Waals surface area contributed by atoms with Crippen LogP contribution in [0.25, 0.3) is 0 Å². The van der Waals surface area contributed by atoms with Crippen LogP contribution in [-0.2, 0) is 33.3 Å². The molecule has 0 bridgehead atoms. The molecule has 0 spiro atoms. The number of carbonyl (C=O) groups is 3. The fraction of sp³-hybridized carbons (Fsp3) is 0.941. The van der Waals surface area contributed by atoms with E-state index in [4.69, 9.17) is 18.9 Å². The molecule has 6 aliphatic rings. The molecular formula is C51H89N3O7. The van der Waals surface area contributed by atoms with E-state index in [-0.39, 0.29) is 57.4 Å². The lowest BCUT2D eigenvalue weighted by Gasteiger charge is -2.42. The number of nitrogens with zero attached hydrogens (tertiary/aromatic N) is 3. The number of unbranched alkanes of at least 4 members (excludes halogenated alkanes) is 1. The molecule has 0 aromatic rings. The first-order valence-electron chi connectivity index (χ1n) is 26.2. The maximum atomic E-state index is 14.3. The summed E-state index contributed by atoms with van der Waals surface area (Å²) in [6.45, 7) is 3.68. The molecule has 0 atom stereocenters. The Hall–Kier alpha value is -1.75. The second kappa shape index (κ2) is 26.9. The number of carbonyl (C=O) groups excluding carboxylic acids is 3. The van der Waals surface area contributed by atoms with Gasteiger partial charge in [0.15, 0.2) is 0 Å². The molecule has 0 heterocycles. The summed E-state index contributed by atoms with van der Waals surface area (Å²) in [6, 6.07) is 1.79. The highest BCUT2D eigenvalue weighted by Crippen LogP contribution is 2.34. The summed E-state index contributed by atoms with van der Waals surface area (Å²) in [6.07, 6.45) is 36.7. The van der Waals surface area contributed by atoms with Crippen molar-refractivity contribution in [1.82, 2.24) is 14.7 Å². The van der Waals surface area contributed by atoms with Crippen LogP contribution in [0.4, 0.5) is 0 Å². The second-order valence-electron chi connectivity index (χ2n) is 20.5. The van der Waals surface area contributed by atoms with E-state index >= 15 is 0 Å². The van der Waals surface area contributed by atoms with Crippen molar-refractivity contribution in [2.75, 3.05) is 52.9 Å². The smallest absolute Gasteiger partial charge is 0.249 e. The minimum absolute atomic E-state index is 0.00977. The van der Waals surface area contributed by atoms with Gasteiger partial charge in [0.05, 0.1) is 31.8 Å². The van der Waals surface area contributed by atoms with Crippen LogP contribution in [0.3, 0.4) is 0 Å². The number of hydrogen-bond acceptors (Lipinski definition) is 7. The van der Waals surface area contributed by atoms with Crippen LogP contribution in [0.2, 0.25) is 0 Å². The van der Waals surface area contributed by atoms with Crippen LogP contribution in [0.15, 0.2) is 0 Å². The van der Waals surface area contributed by atoms with Gasteiger partial charge in [-0.1, -0.05) is 129 Å². The average Bonchev–Trinajstić information content (AvgIpc) is 3.30. The first-order chi connectivity index (χ1) is 30.0. The molecule has 3 amide bonds. The van der Waals surface area contributed by atoms with Gasteiger partial charge in [0.1, 0.15) is 19.8 Å². The van der Waals surface area contributed by atoms with Crippen LogP contribution in [0.1, 0.15) is 212 Å². The van der Waals surface area contributed by atoms with Crippen molar-refractivity contribution in [3.63, 3.8) is 0 Å². The molecule has 0 N–H and O–H groups in total. The van der Waals surface area contributed by atoms with E-state index in [1.165, 1.54) is 116 Å². The summed E-state index contributed by atoms with van der Waals surface area (Å²) >= 11 is 0. The molecule has 61 heavy (non-hydrogen) atoms. The fourth-order valence-electron chi connectivity index (χ4n) is 12.3. The Labute approximate surface area is 371 Å². The third-order valence-electron chi connectivity index (χ3n) is 15.6. The highest BCUT2D eigenvalue weighted by molar-refractivity contribution is 5.79. The largest absolute Gasteiger partial charge is 0.381 e. The van der Waals surface area contributed by atoms with Crippen molar-refractivity contribution in [2.24, 2.45) is 5.41 Å². The highest BCUT2D eigenvalue weighted by atomic mass is 16.5. The third kappa shape index (κ3) is 15.2. The van der Waals surface area contributed by atoms with Crippen LogP contribution in [0.5, 0.6) is 0 Å². The normalized spacial score (nSPS) is 22.6. The quantitative estimate of drug-likeness (QED) is 0.0944. The molecule has 350 valence electrons. The highest BCUT2D eigenvalue weighted by Gasteiger charge is 2.39. The molecule has 10 heteroatoms. The Morgan fingerprint density at radius 3 is 0.836 bits per heavy atom. The first-order valence-corrected chi connectivity index (χ1v) is 26.2. The van der Waals surface area contributed by atoms with Gasteiger partial charge < -0.3 is 33.6 Å². The standard InChI is InChI=1S/C51H89N3O7/c1-2-3-34-58-38-51(39-59-35-48(55)52(42-22-10-4-11-23-42)43-24-12-5-13-25-43,40-60-36-49(56)53(44-26-14-6-15-27-44)45-28-16-7-17-29-45)41-61-37-50(57)54(46-30-18-8-19-31-46)47-32-20-9-21-33-47/h42-47H,2-41H2,1H3. The molecule has 0 aromatic carbocycles. The maximum absolute atomic E-state index is 14.3. The lowest BCUT2D eigenvalue weighted by Crippen LogP contribution is -2.52. The summed E-state index contributed by atoms with van der Waals surface area (Å²) in [7, 11) is 0. The Morgan fingerprint density at radius 2 is 0.607 bits per heavy atom. The number of rotatable bonds is 23. The zero-order valence-corrected chi connectivity index (χ0v) is 38.9. The summed E-state index contributed by atoms with van der Waals surface area (Å²) in [5, 5.41) is 0. The van der Waals surface area contributed by atoms with Gasteiger partial charge in [-0.25, -0.2) is 0 Å². The molecular weight excluding hydrogens is 767 g/mol. The fourth-order valence-corrected chi connectivity index (χ4v) is 12.3. The van der Waals surface area contributed by atoms with Gasteiger partial charge in [-0.3, -0.25) is 14.4 Å². The van der Waals surface area contributed by atoms with Crippen molar-refractivity contribution in [2.45, 2.75) is 249 Å². The van der Waals surface area contributed by atoms with E-state index in [9.17, 15) is 14.4 Å². The van der Waals surface area contributed by atoms with Gasteiger partial charge in [-0.15, -0.1) is 0 Å². The predicted octanol–water partition coefficient (Wildman–Crippen LogP) is 10.3. The molecule has 6 aliphatic carbocycles. The molecule has 0 aromatic heterocycles. The Kier molecular flexibility index (Phi) is 21.5. The molecule has 0 aliphatic heterocycles. The molecule has 6 fully saturated rings. The van der Waals surface area contributed by atoms with Crippen molar-refractivity contribution < 1.29 is 33.3 Å². The van der Waals surface area contributed by atoms with Gasteiger partial charge in [0.25, 0.3) is 0 Å².